The van der Waals surface area contributed by atoms with Gasteiger partial charge in [-0.15, -0.1) is 12.4 Å². The lowest BCUT2D eigenvalue weighted by Gasteiger charge is -2.09. The topological polar surface area (TPSA) is 47.0 Å². The summed E-state index contributed by atoms with van der Waals surface area (Å²) in [5.41, 5.74) is 0. The minimum Gasteiger partial charge on any atom is -0.477 e. The molecule has 1 atom stereocenters. The molecule has 2 heterocycles. The smallest absolute Gasteiger partial charge is 0.217 e. The van der Waals surface area contributed by atoms with Crippen LogP contribution in [0.2, 0.25) is 5.15 Å². The van der Waals surface area contributed by atoms with Crippen LogP contribution < -0.4 is 10.1 Å². The van der Waals surface area contributed by atoms with Gasteiger partial charge in [-0.3, -0.25) is 0 Å². The molecule has 0 aromatic carbocycles. The van der Waals surface area contributed by atoms with Crippen molar-refractivity contribution >= 4 is 24.0 Å². The van der Waals surface area contributed by atoms with E-state index in [1.165, 1.54) is 12.7 Å². The molecule has 0 amide bonds. The molecule has 4 nitrogen and oxygen atoms in total. The first kappa shape index (κ1) is 12.5. The molecule has 1 fully saturated rings. The first-order valence-electron chi connectivity index (χ1n) is 4.65. The average molecular weight is 250 g/mol. The summed E-state index contributed by atoms with van der Waals surface area (Å²) in [6, 6.07) is 1.63. The number of hydrogen-bond acceptors (Lipinski definition) is 4. The highest BCUT2D eigenvalue weighted by Gasteiger charge is 2.15. The fourth-order valence-electron chi connectivity index (χ4n) is 1.46. The Morgan fingerprint density at radius 1 is 1.53 bits per heavy atom. The van der Waals surface area contributed by atoms with Gasteiger partial charge in [-0.2, -0.15) is 0 Å². The van der Waals surface area contributed by atoms with Crippen LogP contribution in [0, 0.1) is 5.92 Å². The van der Waals surface area contributed by atoms with E-state index in [0.717, 1.165) is 13.1 Å². The molecule has 1 aliphatic rings. The summed E-state index contributed by atoms with van der Waals surface area (Å²) in [4.78, 5) is 7.74. The summed E-state index contributed by atoms with van der Waals surface area (Å²) < 4.78 is 5.50. The zero-order chi connectivity index (χ0) is 9.80. The quantitative estimate of drug-likeness (QED) is 0.826. The number of nitrogens with zero attached hydrogens (tertiary/aromatic N) is 2. The van der Waals surface area contributed by atoms with E-state index in [2.05, 4.69) is 15.3 Å². The average Bonchev–Trinajstić information content (AvgIpc) is 2.67. The Bertz CT molecular complexity index is 305. The van der Waals surface area contributed by atoms with Gasteiger partial charge in [0.25, 0.3) is 0 Å². The molecule has 15 heavy (non-hydrogen) atoms. The maximum Gasteiger partial charge on any atom is 0.217 e. The van der Waals surface area contributed by atoms with Gasteiger partial charge in [-0.25, -0.2) is 9.97 Å². The van der Waals surface area contributed by atoms with E-state index in [1.54, 1.807) is 6.07 Å². The Balaban J connectivity index is 0.00000112. The molecule has 0 saturated carbocycles. The van der Waals surface area contributed by atoms with Gasteiger partial charge < -0.3 is 10.1 Å². The van der Waals surface area contributed by atoms with Crippen LogP contribution in [-0.4, -0.2) is 29.7 Å². The molecule has 0 radical (unpaired) electrons. The third-order valence-electron chi connectivity index (χ3n) is 2.24. The van der Waals surface area contributed by atoms with Crippen molar-refractivity contribution < 1.29 is 4.74 Å². The van der Waals surface area contributed by atoms with Crippen molar-refractivity contribution in [1.29, 1.82) is 0 Å². The Hall–Kier alpha value is -0.580. The predicted molar refractivity (Wildman–Crippen MR) is 60.8 cm³/mol. The minimum atomic E-state index is 0. The first-order valence-corrected chi connectivity index (χ1v) is 5.03. The molecule has 0 bridgehead atoms. The van der Waals surface area contributed by atoms with Crippen LogP contribution in [0.25, 0.3) is 0 Å². The van der Waals surface area contributed by atoms with Crippen LogP contribution in [-0.2, 0) is 0 Å². The van der Waals surface area contributed by atoms with Crippen molar-refractivity contribution in [2.24, 2.45) is 5.92 Å². The number of halogens is 2. The van der Waals surface area contributed by atoms with Gasteiger partial charge in [-0.05, 0) is 13.0 Å². The van der Waals surface area contributed by atoms with Crippen LogP contribution in [0.3, 0.4) is 0 Å². The molecule has 2 rings (SSSR count). The summed E-state index contributed by atoms with van der Waals surface area (Å²) in [5.74, 6) is 1.14. The Morgan fingerprint density at radius 3 is 3.07 bits per heavy atom. The van der Waals surface area contributed by atoms with Crippen molar-refractivity contribution in [1.82, 2.24) is 15.3 Å². The van der Waals surface area contributed by atoms with E-state index in [9.17, 15) is 0 Å². The lowest BCUT2D eigenvalue weighted by molar-refractivity contribution is 0.250. The summed E-state index contributed by atoms with van der Waals surface area (Å²) in [5, 5.41) is 3.70. The van der Waals surface area contributed by atoms with Crippen molar-refractivity contribution in [3.63, 3.8) is 0 Å². The third-order valence-corrected chi connectivity index (χ3v) is 2.44. The van der Waals surface area contributed by atoms with Gasteiger partial charge in [0, 0.05) is 18.5 Å². The molecule has 6 heteroatoms. The molecule has 0 spiro atoms. The molecule has 1 unspecified atom stereocenters. The normalized spacial score (nSPS) is 19.7. The van der Waals surface area contributed by atoms with E-state index in [-0.39, 0.29) is 12.4 Å². The highest BCUT2D eigenvalue weighted by molar-refractivity contribution is 6.29. The van der Waals surface area contributed by atoms with Crippen molar-refractivity contribution in [3.05, 3.63) is 17.5 Å². The molecular formula is C9H13Cl2N3O. The molecule has 84 valence electrons. The van der Waals surface area contributed by atoms with Crippen LogP contribution in [0.1, 0.15) is 6.42 Å². The maximum absolute atomic E-state index is 5.70. The largest absolute Gasteiger partial charge is 0.477 e. The zero-order valence-electron chi connectivity index (χ0n) is 8.15. The number of aromatic nitrogens is 2. The zero-order valence-corrected chi connectivity index (χ0v) is 9.72. The Labute approximate surface area is 99.8 Å². The molecule has 0 aliphatic carbocycles. The predicted octanol–water partition coefficient (Wildman–Crippen LogP) is 1.54. The van der Waals surface area contributed by atoms with E-state index >= 15 is 0 Å². The fourth-order valence-corrected chi connectivity index (χ4v) is 1.59. The van der Waals surface area contributed by atoms with Crippen molar-refractivity contribution in [3.8, 4) is 5.88 Å². The molecule has 1 saturated heterocycles. The highest BCUT2D eigenvalue weighted by Crippen LogP contribution is 2.14. The lowest BCUT2D eigenvalue weighted by Crippen LogP contribution is -2.15. The first-order chi connectivity index (χ1) is 6.84. The summed E-state index contributed by atoms with van der Waals surface area (Å²) in [7, 11) is 0. The van der Waals surface area contributed by atoms with Gasteiger partial charge in [0.05, 0.1) is 6.61 Å². The number of hydrogen-bond donors (Lipinski definition) is 1. The SMILES string of the molecule is Cl.Clc1cc(OCC2CCNC2)ncn1. The summed E-state index contributed by atoms with van der Waals surface area (Å²) in [6.07, 6.45) is 2.57. The van der Waals surface area contributed by atoms with Gasteiger partial charge in [0.15, 0.2) is 0 Å². The van der Waals surface area contributed by atoms with Gasteiger partial charge >= 0.3 is 0 Å². The van der Waals surface area contributed by atoms with Gasteiger partial charge in [0.2, 0.25) is 5.88 Å². The van der Waals surface area contributed by atoms with Crippen LogP contribution in [0.4, 0.5) is 0 Å². The lowest BCUT2D eigenvalue weighted by atomic mass is 10.1. The van der Waals surface area contributed by atoms with Crippen LogP contribution in [0.5, 0.6) is 5.88 Å². The maximum atomic E-state index is 5.70. The molecule has 1 aliphatic heterocycles. The summed E-state index contributed by atoms with van der Waals surface area (Å²) in [6.45, 7) is 2.80. The standard InChI is InChI=1S/C9H12ClN3O.ClH/c10-8-3-9(13-6-12-8)14-5-7-1-2-11-4-7;/h3,6-7,11H,1-2,4-5H2;1H. The summed E-state index contributed by atoms with van der Waals surface area (Å²) >= 11 is 5.70. The fraction of sp³-hybridized carbons (Fsp3) is 0.556. The second-order valence-electron chi connectivity index (χ2n) is 3.35. The van der Waals surface area contributed by atoms with Gasteiger partial charge in [0.1, 0.15) is 11.5 Å². The second kappa shape index (κ2) is 6.10. The molecule has 1 N–H and O–H groups in total. The monoisotopic (exact) mass is 249 g/mol. The van der Waals surface area contributed by atoms with Crippen LogP contribution >= 0.6 is 24.0 Å². The van der Waals surface area contributed by atoms with Crippen LogP contribution in [0.15, 0.2) is 12.4 Å². The van der Waals surface area contributed by atoms with E-state index in [1.807, 2.05) is 0 Å². The van der Waals surface area contributed by atoms with E-state index in [4.69, 9.17) is 16.3 Å². The molecule has 1 aromatic rings. The second-order valence-corrected chi connectivity index (χ2v) is 3.74. The van der Waals surface area contributed by atoms with Gasteiger partial charge in [-0.1, -0.05) is 11.6 Å². The number of ether oxygens (including phenoxy) is 1. The third kappa shape index (κ3) is 3.81. The van der Waals surface area contributed by atoms with E-state index in [0.29, 0.717) is 23.6 Å². The van der Waals surface area contributed by atoms with Crippen molar-refractivity contribution in [2.75, 3.05) is 19.7 Å². The number of rotatable bonds is 3. The Kier molecular flexibility index (Phi) is 5.08. The minimum absolute atomic E-state index is 0. The molecular weight excluding hydrogens is 237 g/mol. The van der Waals surface area contributed by atoms with E-state index < -0.39 is 0 Å². The highest BCUT2D eigenvalue weighted by atomic mass is 35.5. The number of nitrogens with one attached hydrogen (secondary N) is 1. The Morgan fingerprint density at radius 2 is 2.40 bits per heavy atom. The van der Waals surface area contributed by atoms with Crippen molar-refractivity contribution in [2.45, 2.75) is 6.42 Å². The molecule has 1 aromatic heterocycles.